The van der Waals surface area contributed by atoms with E-state index in [0.717, 1.165) is 6.92 Å². The molecule has 110 valence electrons. The Hall–Kier alpha value is -2.68. The minimum atomic E-state index is -1.36. The summed E-state index contributed by atoms with van der Waals surface area (Å²) in [7, 11) is 0. The molecule has 0 saturated heterocycles. The number of aromatic nitrogens is 4. The lowest BCUT2D eigenvalue weighted by atomic mass is 10.2. The fourth-order valence-electron chi connectivity index (χ4n) is 0.903. The number of aliphatic carboxylic acids is 2. The number of aliphatic hydroxyl groups excluding tert-OH is 1. The Labute approximate surface area is 114 Å². The summed E-state index contributed by atoms with van der Waals surface area (Å²) in [4.78, 5) is 32.0. The summed E-state index contributed by atoms with van der Waals surface area (Å²) in [6.45, 7) is 1.08. The lowest BCUT2D eigenvalue weighted by Gasteiger charge is -2.00. The molecule has 0 amide bonds. The number of nitrogens with zero attached hydrogens (tertiary/aromatic N) is 2. The molecule has 0 aromatic carbocycles. The van der Waals surface area contributed by atoms with Crippen molar-refractivity contribution in [3.05, 3.63) is 36.9 Å². The highest BCUT2D eigenvalue weighted by Gasteiger charge is 2.14. The standard InChI is InChI=1S/C6H8N2O3.C3H4N2.C2H4O2/c9-5(6(10)11)1-4-2-7-3-8-4;1-2-5-3-4-1;1-2(3)4/h2-3,5,9H,1H2,(H,7,8)(H,10,11);1-3H,(H,4,5);1H3,(H,3,4). The maximum atomic E-state index is 10.1. The van der Waals surface area contributed by atoms with Crippen molar-refractivity contribution in [2.75, 3.05) is 0 Å². The minimum Gasteiger partial charge on any atom is -0.481 e. The lowest BCUT2D eigenvalue weighted by Crippen LogP contribution is -2.22. The number of aromatic amines is 2. The van der Waals surface area contributed by atoms with E-state index in [1.54, 1.807) is 24.9 Å². The summed E-state index contributed by atoms with van der Waals surface area (Å²) in [5.41, 5.74) is 0.542. The molecule has 2 rings (SSSR count). The number of carboxylic acid groups (broad SMARTS) is 2. The first-order chi connectivity index (χ1) is 9.43. The van der Waals surface area contributed by atoms with Crippen LogP contribution in [-0.4, -0.2) is 53.3 Å². The first-order valence-corrected chi connectivity index (χ1v) is 5.44. The van der Waals surface area contributed by atoms with Crippen molar-refractivity contribution in [1.29, 1.82) is 0 Å². The number of rotatable bonds is 3. The number of nitrogens with one attached hydrogen (secondary N) is 2. The molecule has 0 aliphatic carbocycles. The molecule has 1 unspecified atom stereocenters. The lowest BCUT2D eigenvalue weighted by molar-refractivity contribution is -0.146. The monoisotopic (exact) mass is 284 g/mol. The molecular weight excluding hydrogens is 268 g/mol. The van der Waals surface area contributed by atoms with Crippen molar-refractivity contribution in [2.24, 2.45) is 0 Å². The third-order valence-electron chi connectivity index (χ3n) is 1.65. The molecule has 5 N–H and O–H groups in total. The number of hydrogen-bond acceptors (Lipinski definition) is 5. The number of hydrogen-bond donors (Lipinski definition) is 5. The van der Waals surface area contributed by atoms with E-state index in [2.05, 4.69) is 19.9 Å². The molecular formula is C11H16N4O5. The zero-order valence-electron chi connectivity index (χ0n) is 10.7. The summed E-state index contributed by atoms with van der Waals surface area (Å²) in [5.74, 6) is -2.06. The summed E-state index contributed by atoms with van der Waals surface area (Å²) >= 11 is 0. The van der Waals surface area contributed by atoms with Gasteiger partial charge in [-0.15, -0.1) is 0 Å². The molecule has 0 fully saturated rings. The largest absolute Gasteiger partial charge is 0.481 e. The van der Waals surface area contributed by atoms with Gasteiger partial charge in [-0.1, -0.05) is 0 Å². The normalized spacial score (nSPS) is 10.3. The third kappa shape index (κ3) is 10.5. The number of imidazole rings is 2. The van der Waals surface area contributed by atoms with Gasteiger partial charge in [-0.2, -0.15) is 0 Å². The Balaban J connectivity index is 0.000000331. The molecule has 0 radical (unpaired) electrons. The molecule has 0 spiro atoms. The molecule has 0 aliphatic heterocycles. The Morgan fingerprint density at radius 2 is 1.95 bits per heavy atom. The van der Waals surface area contributed by atoms with Crippen molar-refractivity contribution in [3.63, 3.8) is 0 Å². The first-order valence-electron chi connectivity index (χ1n) is 5.44. The molecule has 9 nitrogen and oxygen atoms in total. The Morgan fingerprint density at radius 1 is 1.30 bits per heavy atom. The predicted molar refractivity (Wildman–Crippen MR) is 67.8 cm³/mol. The average Bonchev–Trinajstić information content (AvgIpc) is 3.03. The molecule has 2 aromatic rings. The van der Waals surface area contributed by atoms with Crippen molar-refractivity contribution in [2.45, 2.75) is 19.4 Å². The first kappa shape index (κ1) is 17.3. The minimum absolute atomic E-state index is 0.0405. The fourth-order valence-corrected chi connectivity index (χ4v) is 0.903. The van der Waals surface area contributed by atoms with Crippen LogP contribution in [0, 0.1) is 0 Å². The van der Waals surface area contributed by atoms with E-state index in [-0.39, 0.29) is 6.42 Å². The maximum Gasteiger partial charge on any atom is 0.332 e. The molecule has 0 bridgehead atoms. The van der Waals surface area contributed by atoms with Gasteiger partial charge in [-0.05, 0) is 0 Å². The summed E-state index contributed by atoms with van der Waals surface area (Å²) in [6.07, 6.45) is 6.74. The van der Waals surface area contributed by atoms with Crippen LogP contribution in [0.3, 0.4) is 0 Å². The highest BCUT2D eigenvalue weighted by Crippen LogP contribution is 1.97. The van der Waals surface area contributed by atoms with E-state index in [4.69, 9.17) is 20.1 Å². The van der Waals surface area contributed by atoms with Crippen LogP contribution in [0.2, 0.25) is 0 Å². The number of carboxylic acids is 2. The molecule has 20 heavy (non-hydrogen) atoms. The molecule has 2 aromatic heterocycles. The van der Waals surface area contributed by atoms with E-state index in [1.807, 2.05) is 0 Å². The van der Waals surface area contributed by atoms with Crippen LogP contribution in [0.5, 0.6) is 0 Å². The zero-order chi connectivity index (χ0) is 15.4. The SMILES string of the molecule is CC(=O)O.O=C(O)C(O)Cc1c[nH]cn1.c1c[nH]cn1. The predicted octanol–water partition coefficient (Wildman–Crippen LogP) is -0.102. The molecule has 0 aliphatic rings. The van der Waals surface area contributed by atoms with Crippen LogP contribution in [-0.2, 0) is 16.0 Å². The third-order valence-corrected chi connectivity index (χ3v) is 1.65. The zero-order valence-corrected chi connectivity index (χ0v) is 10.7. The summed E-state index contributed by atoms with van der Waals surface area (Å²) in [6, 6.07) is 0. The van der Waals surface area contributed by atoms with E-state index in [1.165, 1.54) is 6.33 Å². The maximum absolute atomic E-state index is 10.1. The summed E-state index contributed by atoms with van der Waals surface area (Å²) < 4.78 is 0. The number of H-pyrrole nitrogens is 2. The van der Waals surface area contributed by atoms with Crippen LogP contribution in [0.1, 0.15) is 12.6 Å². The fraction of sp³-hybridized carbons (Fsp3) is 0.273. The van der Waals surface area contributed by atoms with Gasteiger partial charge in [0, 0.05) is 31.9 Å². The van der Waals surface area contributed by atoms with Crippen molar-refractivity contribution in [3.8, 4) is 0 Å². The number of carbonyl (C=O) groups is 2. The quantitative estimate of drug-likeness (QED) is 0.527. The molecule has 0 saturated carbocycles. The van der Waals surface area contributed by atoms with E-state index in [9.17, 15) is 4.79 Å². The highest BCUT2D eigenvalue weighted by molar-refractivity contribution is 5.72. The second-order valence-corrected chi connectivity index (χ2v) is 3.40. The Bertz CT molecular complexity index is 448. The number of aliphatic hydroxyl groups is 1. The van der Waals surface area contributed by atoms with Crippen LogP contribution in [0.4, 0.5) is 0 Å². The Kier molecular flexibility index (Phi) is 8.89. The van der Waals surface area contributed by atoms with Gasteiger partial charge in [-0.25, -0.2) is 14.8 Å². The van der Waals surface area contributed by atoms with Gasteiger partial charge in [0.2, 0.25) is 0 Å². The van der Waals surface area contributed by atoms with Crippen LogP contribution in [0.25, 0.3) is 0 Å². The van der Waals surface area contributed by atoms with E-state index >= 15 is 0 Å². The molecule has 1 atom stereocenters. The van der Waals surface area contributed by atoms with Crippen molar-refractivity contribution >= 4 is 11.9 Å². The second-order valence-electron chi connectivity index (χ2n) is 3.40. The van der Waals surface area contributed by atoms with E-state index < -0.39 is 18.0 Å². The van der Waals surface area contributed by atoms with Gasteiger partial charge in [0.15, 0.2) is 6.10 Å². The Morgan fingerprint density at radius 3 is 2.25 bits per heavy atom. The summed E-state index contributed by atoms with van der Waals surface area (Å²) in [5, 5.41) is 24.6. The van der Waals surface area contributed by atoms with Crippen molar-refractivity contribution < 1.29 is 24.9 Å². The van der Waals surface area contributed by atoms with Gasteiger partial charge in [0.25, 0.3) is 5.97 Å². The van der Waals surface area contributed by atoms with Gasteiger partial charge in [0.05, 0.1) is 18.3 Å². The van der Waals surface area contributed by atoms with Gasteiger partial charge < -0.3 is 25.3 Å². The highest BCUT2D eigenvalue weighted by atomic mass is 16.4. The van der Waals surface area contributed by atoms with Crippen LogP contribution < -0.4 is 0 Å². The molecule has 9 heteroatoms. The van der Waals surface area contributed by atoms with Crippen molar-refractivity contribution in [1.82, 2.24) is 19.9 Å². The topological polar surface area (TPSA) is 152 Å². The van der Waals surface area contributed by atoms with Gasteiger partial charge >= 0.3 is 5.97 Å². The van der Waals surface area contributed by atoms with Crippen LogP contribution >= 0.6 is 0 Å². The molecule has 2 heterocycles. The van der Waals surface area contributed by atoms with Gasteiger partial charge in [-0.3, -0.25) is 4.79 Å². The smallest absolute Gasteiger partial charge is 0.332 e. The van der Waals surface area contributed by atoms with E-state index in [0.29, 0.717) is 5.69 Å². The van der Waals surface area contributed by atoms with Gasteiger partial charge in [0.1, 0.15) is 0 Å². The average molecular weight is 284 g/mol. The second kappa shape index (κ2) is 10.3. The van der Waals surface area contributed by atoms with Crippen LogP contribution in [0.15, 0.2) is 31.2 Å².